The number of nitrogens with zero attached hydrogens (tertiary/aromatic N) is 1. The van der Waals surface area contributed by atoms with Gasteiger partial charge >= 0.3 is 0 Å². The number of anilines is 1. The van der Waals surface area contributed by atoms with E-state index >= 15 is 0 Å². The molecule has 3 N–H and O–H groups in total. The van der Waals surface area contributed by atoms with Crippen LogP contribution in [0.3, 0.4) is 0 Å². The van der Waals surface area contributed by atoms with Crippen molar-refractivity contribution in [2.75, 3.05) is 17.2 Å². The molecule has 2 aliphatic rings. The lowest BCUT2D eigenvalue weighted by Gasteiger charge is -2.17. The summed E-state index contributed by atoms with van der Waals surface area (Å²) in [6.45, 7) is 0.778. The lowest BCUT2D eigenvalue weighted by atomic mass is 10.1. The van der Waals surface area contributed by atoms with Gasteiger partial charge in [0.15, 0.2) is 0 Å². The van der Waals surface area contributed by atoms with Crippen LogP contribution in [0.1, 0.15) is 22.3 Å². The number of rotatable bonds is 3. The summed E-state index contributed by atoms with van der Waals surface area (Å²) in [4.78, 5) is 25.1. The van der Waals surface area contributed by atoms with Crippen LogP contribution in [0, 0.1) is 5.92 Å². The molecule has 7 nitrogen and oxygen atoms in total. The number of primary sulfonamides is 1. The van der Waals surface area contributed by atoms with Crippen molar-refractivity contribution in [2.24, 2.45) is 11.1 Å². The van der Waals surface area contributed by atoms with E-state index in [-0.39, 0.29) is 29.9 Å². The van der Waals surface area contributed by atoms with Crippen molar-refractivity contribution in [3.05, 3.63) is 29.3 Å². The zero-order valence-electron chi connectivity index (χ0n) is 11.2. The second-order valence-corrected chi connectivity index (χ2v) is 7.09. The molecule has 1 saturated heterocycles. The van der Waals surface area contributed by atoms with Gasteiger partial charge in [-0.2, -0.15) is 0 Å². The standard InChI is InChI=1S/C13H15N3O4S/c14-21(19,20)7-8-3-12(17)16(6-8)10-1-2-11-9(4-10)5-15-13(11)18/h1-2,4,8H,3,5-7H2,(H,15,18)(H2,14,19,20). The van der Waals surface area contributed by atoms with E-state index in [1.807, 2.05) is 0 Å². The Balaban J connectivity index is 1.82. The lowest BCUT2D eigenvalue weighted by molar-refractivity contribution is -0.117. The van der Waals surface area contributed by atoms with Crippen molar-refractivity contribution < 1.29 is 18.0 Å². The summed E-state index contributed by atoms with van der Waals surface area (Å²) in [7, 11) is -3.59. The van der Waals surface area contributed by atoms with Crippen molar-refractivity contribution in [1.29, 1.82) is 0 Å². The van der Waals surface area contributed by atoms with Gasteiger partial charge in [-0.3, -0.25) is 9.59 Å². The highest BCUT2D eigenvalue weighted by molar-refractivity contribution is 7.89. The normalized spacial score (nSPS) is 21.6. The molecule has 8 heteroatoms. The van der Waals surface area contributed by atoms with Crippen LogP contribution in [-0.2, 0) is 21.4 Å². The maximum atomic E-state index is 12.0. The van der Waals surface area contributed by atoms with Gasteiger partial charge in [-0.1, -0.05) is 0 Å². The Kier molecular flexibility index (Phi) is 3.22. The Hall–Kier alpha value is -1.93. The predicted octanol–water partition coefficient (Wildman–Crippen LogP) is -0.429. The third-order valence-corrected chi connectivity index (χ3v) is 4.69. The van der Waals surface area contributed by atoms with E-state index in [1.165, 1.54) is 0 Å². The average Bonchev–Trinajstić information content (AvgIpc) is 2.91. The van der Waals surface area contributed by atoms with Gasteiger partial charge in [-0.25, -0.2) is 13.6 Å². The van der Waals surface area contributed by atoms with E-state index in [1.54, 1.807) is 23.1 Å². The summed E-state index contributed by atoms with van der Waals surface area (Å²) in [6.07, 6.45) is 0.171. The van der Waals surface area contributed by atoms with E-state index in [9.17, 15) is 18.0 Å². The van der Waals surface area contributed by atoms with Crippen LogP contribution in [0.4, 0.5) is 5.69 Å². The zero-order chi connectivity index (χ0) is 15.2. The number of carbonyl (C=O) groups is 2. The van der Waals surface area contributed by atoms with Crippen LogP contribution in [0.25, 0.3) is 0 Å². The quantitative estimate of drug-likeness (QED) is 0.789. The molecule has 0 spiro atoms. The summed E-state index contributed by atoms with van der Waals surface area (Å²) in [5, 5.41) is 7.75. The number of sulfonamides is 1. The Labute approximate surface area is 122 Å². The summed E-state index contributed by atoms with van der Waals surface area (Å²) < 4.78 is 22.3. The van der Waals surface area contributed by atoms with Crippen molar-refractivity contribution >= 4 is 27.5 Å². The molecular weight excluding hydrogens is 294 g/mol. The minimum atomic E-state index is -3.59. The van der Waals surface area contributed by atoms with Crippen LogP contribution in [0.15, 0.2) is 18.2 Å². The average molecular weight is 309 g/mol. The monoisotopic (exact) mass is 309 g/mol. The minimum absolute atomic E-state index is 0.114. The molecule has 2 amide bonds. The minimum Gasteiger partial charge on any atom is -0.348 e. The molecule has 0 aliphatic carbocycles. The molecule has 1 aromatic carbocycles. The molecule has 3 rings (SSSR count). The van der Waals surface area contributed by atoms with E-state index in [0.29, 0.717) is 24.3 Å². The molecule has 0 bridgehead atoms. The van der Waals surface area contributed by atoms with Gasteiger partial charge in [0.2, 0.25) is 15.9 Å². The smallest absolute Gasteiger partial charge is 0.251 e. The fourth-order valence-corrected chi connectivity index (χ4v) is 3.74. The van der Waals surface area contributed by atoms with Gasteiger partial charge in [-0.05, 0) is 23.8 Å². The zero-order valence-corrected chi connectivity index (χ0v) is 12.0. The number of nitrogens with two attached hydrogens (primary N) is 1. The van der Waals surface area contributed by atoms with Crippen molar-refractivity contribution in [2.45, 2.75) is 13.0 Å². The molecule has 2 heterocycles. The molecule has 1 fully saturated rings. The molecule has 2 aliphatic heterocycles. The van der Waals surface area contributed by atoms with Crippen LogP contribution in [0.2, 0.25) is 0 Å². The van der Waals surface area contributed by atoms with Gasteiger partial charge in [0, 0.05) is 36.7 Å². The first-order valence-corrected chi connectivity index (χ1v) is 8.27. The number of amides is 2. The van der Waals surface area contributed by atoms with E-state index in [2.05, 4.69) is 5.32 Å². The van der Waals surface area contributed by atoms with Crippen LogP contribution >= 0.6 is 0 Å². The first-order chi connectivity index (χ1) is 9.83. The molecular formula is C13H15N3O4S. The fraction of sp³-hybridized carbons (Fsp3) is 0.385. The fourth-order valence-electron chi connectivity index (χ4n) is 2.86. The third kappa shape index (κ3) is 2.77. The maximum absolute atomic E-state index is 12.0. The van der Waals surface area contributed by atoms with E-state index in [4.69, 9.17) is 5.14 Å². The number of benzene rings is 1. The van der Waals surface area contributed by atoms with E-state index < -0.39 is 10.0 Å². The molecule has 21 heavy (non-hydrogen) atoms. The molecule has 0 aromatic heterocycles. The SMILES string of the molecule is NS(=O)(=O)CC1CC(=O)N(c2ccc3c(c2)CNC3=O)C1. The summed E-state index contributed by atoms with van der Waals surface area (Å²) in [5.74, 6) is -0.724. The number of hydrogen-bond donors (Lipinski definition) is 2. The van der Waals surface area contributed by atoms with Gasteiger partial charge in [0.1, 0.15) is 0 Å². The Morgan fingerprint density at radius 3 is 2.81 bits per heavy atom. The highest BCUT2D eigenvalue weighted by Crippen LogP contribution is 2.28. The van der Waals surface area contributed by atoms with Crippen LogP contribution in [-0.4, -0.2) is 32.5 Å². The Morgan fingerprint density at radius 2 is 2.10 bits per heavy atom. The Morgan fingerprint density at radius 1 is 1.33 bits per heavy atom. The van der Waals surface area contributed by atoms with Crippen molar-refractivity contribution in [1.82, 2.24) is 5.32 Å². The predicted molar refractivity (Wildman–Crippen MR) is 76.0 cm³/mol. The molecule has 0 radical (unpaired) electrons. The third-order valence-electron chi connectivity index (χ3n) is 3.76. The van der Waals surface area contributed by atoms with Crippen molar-refractivity contribution in [3.63, 3.8) is 0 Å². The second kappa shape index (κ2) is 4.81. The van der Waals surface area contributed by atoms with E-state index in [0.717, 1.165) is 5.56 Å². The highest BCUT2D eigenvalue weighted by Gasteiger charge is 2.33. The molecule has 1 unspecified atom stereocenters. The van der Waals surface area contributed by atoms with Gasteiger partial charge in [0.25, 0.3) is 5.91 Å². The summed E-state index contributed by atoms with van der Waals surface area (Å²) in [6, 6.07) is 5.19. The van der Waals surface area contributed by atoms with Gasteiger partial charge in [0.05, 0.1) is 5.75 Å². The van der Waals surface area contributed by atoms with Crippen LogP contribution in [0.5, 0.6) is 0 Å². The number of nitrogens with one attached hydrogen (secondary N) is 1. The summed E-state index contributed by atoms with van der Waals surface area (Å²) in [5.41, 5.74) is 2.15. The maximum Gasteiger partial charge on any atom is 0.251 e. The van der Waals surface area contributed by atoms with Gasteiger partial charge in [-0.15, -0.1) is 0 Å². The lowest BCUT2D eigenvalue weighted by Crippen LogP contribution is -2.27. The second-order valence-electron chi connectivity index (χ2n) is 5.43. The number of fused-ring (bicyclic) bond motifs is 1. The van der Waals surface area contributed by atoms with Gasteiger partial charge < -0.3 is 10.2 Å². The molecule has 1 atom stereocenters. The molecule has 112 valence electrons. The number of carbonyl (C=O) groups excluding carboxylic acids is 2. The topological polar surface area (TPSA) is 110 Å². The Bertz CT molecular complexity index is 729. The summed E-state index contributed by atoms with van der Waals surface area (Å²) >= 11 is 0. The van der Waals surface area contributed by atoms with Crippen molar-refractivity contribution in [3.8, 4) is 0 Å². The number of hydrogen-bond acceptors (Lipinski definition) is 4. The molecule has 1 aromatic rings. The van der Waals surface area contributed by atoms with Crippen LogP contribution < -0.4 is 15.4 Å². The molecule has 0 saturated carbocycles. The first kappa shape index (κ1) is 14.0. The highest BCUT2D eigenvalue weighted by atomic mass is 32.2. The first-order valence-electron chi connectivity index (χ1n) is 6.55. The largest absolute Gasteiger partial charge is 0.348 e.